The van der Waals surface area contributed by atoms with E-state index in [0.717, 1.165) is 0 Å². The Bertz CT molecular complexity index is 1670. The monoisotopic (exact) mass is 921 g/mol. The highest BCUT2D eigenvalue weighted by atomic mass is 32.3. The zero-order chi connectivity index (χ0) is 44.8. The third-order valence-electron chi connectivity index (χ3n) is 10.4. The summed E-state index contributed by atoms with van der Waals surface area (Å²) in [5, 5.41) is 84.1. The highest BCUT2D eigenvalue weighted by Gasteiger charge is 2.56. The van der Waals surface area contributed by atoms with Crippen molar-refractivity contribution in [1.82, 2.24) is 0 Å². The van der Waals surface area contributed by atoms with Crippen LogP contribution in [-0.2, 0) is 76.6 Å². The largest absolute Gasteiger partial charge is 0.479 e. The van der Waals surface area contributed by atoms with Crippen molar-refractivity contribution in [3.63, 3.8) is 0 Å². The molecule has 23 atom stereocenters. The number of hydrogen-bond donors (Lipinski definition) is 13. The molecule has 9 unspecified atom stereocenters. The van der Waals surface area contributed by atoms with E-state index in [-0.39, 0.29) is 13.0 Å². The van der Waals surface area contributed by atoms with Crippen LogP contribution in [0.1, 0.15) is 20.3 Å². The van der Waals surface area contributed by atoms with E-state index in [9.17, 15) is 67.0 Å². The van der Waals surface area contributed by atoms with E-state index >= 15 is 0 Å². The van der Waals surface area contributed by atoms with Gasteiger partial charge in [-0.2, -0.15) is 16.8 Å². The second-order valence-electron chi connectivity index (χ2n) is 14.7. The second-order valence-corrected chi connectivity index (χ2v) is 16.8. The van der Waals surface area contributed by atoms with E-state index < -0.39 is 175 Å². The Morgan fingerprint density at radius 1 is 0.633 bits per heavy atom. The van der Waals surface area contributed by atoms with Gasteiger partial charge in [-0.25, -0.2) is 13.2 Å². The van der Waals surface area contributed by atoms with E-state index in [1.807, 2.05) is 0 Å². The van der Waals surface area contributed by atoms with Crippen molar-refractivity contribution in [3.05, 3.63) is 0 Å². The normalized spacial score (nSPS) is 48.4. The molecule has 31 heteroatoms. The Balaban J connectivity index is 1.25. The van der Waals surface area contributed by atoms with E-state index in [1.165, 1.54) is 13.8 Å². The van der Waals surface area contributed by atoms with Gasteiger partial charge < -0.3 is 101 Å². The number of aliphatic hydroxyl groups is 7. The molecule has 5 rings (SSSR count). The smallest absolute Gasteiger partial charge is 0.397 e. The predicted octanol–water partition coefficient (Wildman–Crippen LogP) is -8.56. The zero-order valence-corrected chi connectivity index (χ0v) is 33.1. The minimum Gasteiger partial charge on any atom is -0.479 e. The molecule has 0 bridgehead atoms. The van der Waals surface area contributed by atoms with Crippen LogP contribution in [0.15, 0.2) is 0 Å². The van der Waals surface area contributed by atoms with Gasteiger partial charge in [0.15, 0.2) is 43.7 Å². The summed E-state index contributed by atoms with van der Waals surface area (Å²) in [6.45, 7) is 1.34. The van der Waals surface area contributed by atoms with Crippen molar-refractivity contribution in [2.75, 3.05) is 13.2 Å². The molecule has 0 radical (unpaired) electrons. The van der Waals surface area contributed by atoms with Crippen LogP contribution in [0, 0.1) is 0 Å². The number of ether oxygens (including phenoxy) is 9. The Labute approximate surface area is 340 Å². The number of rotatable bonds is 14. The molecule has 0 aromatic rings. The Hall–Kier alpha value is -1.55. The summed E-state index contributed by atoms with van der Waals surface area (Å²) in [5.74, 6) is -1.87. The molecule has 0 saturated carbocycles. The molecule has 0 spiro atoms. The van der Waals surface area contributed by atoms with Gasteiger partial charge >= 0.3 is 26.8 Å². The lowest BCUT2D eigenvalue weighted by Crippen LogP contribution is -2.68. The molecule has 60 heavy (non-hydrogen) atoms. The van der Waals surface area contributed by atoms with Gasteiger partial charge in [-0.15, -0.1) is 0 Å². The van der Waals surface area contributed by atoms with Crippen LogP contribution >= 0.6 is 0 Å². The molecule has 350 valence electrons. The number of nitrogens with two attached hydrogens (primary N) is 3. The Morgan fingerprint density at radius 2 is 1.25 bits per heavy atom. The van der Waals surface area contributed by atoms with Gasteiger partial charge in [0.1, 0.15) is 61.0 Å². The van der Waals surface area contributed by atoms with Crippen LogP contribution in [0.3, 0.4) is 0 Å². The van der Waals surface area contributed by atoms with E-state index in [2.05, 4.69) is 8.37 Å². The van der Waals surface area contributed by atoms with Gasteiger partial charge in [-0.1, -0.05) is 0 Å². The minimum absolute atomic E-state index is 0.186. The van der Waals surface area contributed by atoms with Gasteiger partial charge in [0, 0.05) is 0 Å². The lowest BCUT2D eigenvalue weighted by Gasteiger charge is -2.48. The van der Waals surface area contributed by atoms with Crippen molar-refractivity contribution >= 4 is 26.8 Å². The summed E-state index contributed by atoms with van der Waals surface area (Å²) >= 11 is 0. The van der Waals surface area contributed by atoms with Gasteiger partial charge in [-0.3, -0.25) is 9.11 Å². The summed E-state index contributed by atoms with van der Waals surface area (Å²) in [6.07, 6.45) is -34.5. The van der Waals surface area contributed by atoms with Crippen molar-refractivity contribution < 1.29 is 123 Å². The number of hydrogen-bond acceptors (Lipinski definition) is 26. The molecular weight excluding hydrogens is 870 g/mol. The lowest BCUT2D eigenvalue weighted by molar-refractivity contribution is -0.358. The molecule has 5 aliphatic heterocycles. The number of carboxylic acids is 1. The molecule has 0 aromatic heterocycles. The first-order chi connectivity index (χ1) is 27.8. The standard InChI is InChI=1S/C29H51N3O26S2/c1-6-9(53-28-18(37)15(34)10(4-48-28)54-27-13(32)16(35)14(33)7(2)51-27)3-8(30)26(50-6)56-21-19(38)22(58-60(45,46)47)29(57-23(21)24(39)40)55-20-11(5-49-59(42,43)44)52-25(41)12(31)17(20)36/h6-23,25-29,33-38,41H,3-5,30-32H2,1-2H3,(H,39,40)(H,42,43,44)(H,45,46,47)/t6?,7?,8?,9-,10+,11?,12?,13?,14+,15-,16+,17+,18?,19-,20+,21-,22?,23?,25-,26+,27+,28-,29+/m0/s1. The molecule has 16 N–H and O–H groups in total. The Kier molecular flexibility index (Phi) is 16.2. The average molecular weight is 922 g/mol. The highest BCUT2D eigenvalue weighted by Crippen LogP contribution is 2.35. The van der Waals surface area contributed by atoms with Crippen LogP contribution in [0.25, 0.3) is 0 Å². The van der Waals surface area contributed by atoms with Gasteiger partial charge in [0.2, 0.25) is 0 Å². The van der Waals surface area contributed by atoms with E-state index in [0.29, 0.717) is 0 Å². The third kappa shape index (κ3) is 11.6. The number of carbonyl (C=O) groups is 1. The van der Waals surface area contributed by atoms with Crippen LogP contribution in [0.5, 0.6) is 0 Å². The van der Waals surface area contributed by atoms with Crippen molar-refractivity contribution in [3.8, 4) is 0 Å². The van der Waals surface area contributed by atoms with Crippen LogP contribution in [-0.4, -0.2) is 227 Å². The van der Waals surface area contributed by atoms with Gasteiger partial charge in [0.25, 0.3) is 0 Å². The molecule has 0 amide bonds. The summed E-state index contributed by atoms with van der Waals surface area (Å²) in [6, 6.07) is -4.17. The predicted molar refractivity (Wildman–Crippen MR) is 184 cm³/mol. The van der Waals surface area contributed by atoms with Crippen molar-refractivity contribution in [2.45, 2.75) is 161 Å². The summed E-state index contributed by atoms with van der Waals surface area (Å²) in [4.78, 5) is 12.5. The Morgan fingerprint density at radius 3 is 1.87 bits per heavy atom. The zero-order valence-electron chi connectivity index (χ0n) is 31.5. The first kappa shape index (κ1) is 49.5. The number of aliphatic hydroxyl groups excluding tert-OH is 7. The maximum Gasteiger partial charge on any atom is 0.397 e. The van der Waals surface area contributed by atoms with Crippen LogP contribution in [0.4, 0.5) is 0 Å². The quantitative estimate of drug-likeness (QED) is 0.0720. The van der Waals surface area contributed by atoms with Crippen LogP contribution < -0.4 is 17.2 Å². The first-order valence-corrected chi connectivity index (χ1v) is 20.9. The van der Waals surface area contributed by atoms with Crippen molar-refractivity contribution in [2.24, 2.45) is 17.2 Å². The SMILES string of the molecule is CC1O[C@H](O[C@@H]2C(C(=O)O)O[C@@H](O[C@@H]3C(COS(=O)(=O)O)O[C@H](O)C(N)[C@H]3O)C(OS(=O)(=O)O)[C@H]2O)C(N)C[C@@H]1O[C@@H]1OC[C@@H](O[C@H]2OC(C)[C@@H](O)[C@H](O)C2N)[C@H](O)C1O. The summed E-state index contributed by atoms with van der Waals surface area (Å²) in [7, 11) is -10.7. The average Bonchev–Trinajstić information content (AvgIpc) is 3.15. The molecule has 5 heterocycles. The third-order valence-corrected chi connectivity index (χ3v) is 11.3. The summed E-state index contributed by atoms with van der Waals surface area (Å²) < 4.78 is 124. The van der Waals surface area contributed by atoms with Gasteiger partial charge in [0.05, 0.1) is 49.7 Å². The van der Waals surface area contributed by atoms with E-state index in [1.54, 1.807) is 0 Å². The molecule has 5 aliphatic rings. The second kappa shape index (κ2) is 19.7. The fraction of sp³-hybridized carbons (Fsp3) is 0.966. The fourth-order valence-electron chi connectivity index (χ4n) is 7.04. The molecular formula is C29H51N3O26S2. The van der Waals surface area contributed by atoms with Crippen LogP contribution in [0.2, 0.25) is 0 Å². The molecule has 0 aromatic carbocycles. The molecule has 0 aliphatic carbocycles. The number of aliphatic carboxylic acids is 1. The minimum atomic E-state index is -5.55. The van der Waals surface area contributed by atoms with E-state index in [4.69, 9.17) is 64.4 Å². The fourth-order valence-corrected chi connectivity index (χ4v) is 7.83. The molecule has 5 saturated heterocycles. The van der Waals surface area contributed by atoms with Crippen molar-refractivity contribution in [1.29, 1.82) is 0 Å². The van der Waals surface area contributed by atoms with Gasteiger partial charge in [-0.05, 0) is 20.3 Å². The summed E-state index contributed by atoms with van der Waals surface area (Å²) in [5.41, 5.74) is 17.9. The molecule has 29 nitrogen and oxygen atoms in total. The first-order valence-electron chi connectivity index (χ1n) is 18.2. The maximum absolute atomic E-state index is 12.5. The highest BCUT2D eigenvalue weighted by molar-refractivity contribution is 7.81. The maximum atomic E-state index is 12.5. The molecule has 5 fully saturated rings. The number of carboxylic acid groups (broad SMARTS) is 1. The lowest BCUT2D eigenvalue weighted by atomic mass is 9.95. The topological polar surface area (TPSA) is 467 Å².